The van der Waals surface area contributed by atoms with Crippen molar-refractivity contribution in [2.45, 2.75) is 19.9 Å². The highest BCUT2D eigenvalue weighted by Gasteiger charge is 2.05. The molecule has 2 heterocycles. The lowest BCUT2D eigenvalue weighted by atomic mass is 10.2. The zero-order valence-electron chi connectivity index (χ0n) is 12.6. The molecule has 0 unspecified atom stereocenters. The molecule has 0 amide bonds. The Hall–Kier alpha value is -2.82. The van der Waals surface area contributed by atoms with Crippen LogP contribution in [0.15, 0.2) is 46.0 Å². The van der Waals surface area contributed by atoms with Gasteiger partial charge in [-0.25, -0.2) is 4.98 Å². The van der Waals surface area contributed by atoms with Gasteiger partial charge in [-0.2, -0.15) is 0 Å². The van der Waals surface area contributed by atoms with Crippen molar-refractivity contribution in [1.82, 2.24) is 9.97 Å². The minimum atomic E-state index is 0.171. The molecular weight excluding hydrogens is 276 g/mol. The van der Waals surface area contributed by atoms with Crippen LogP contribution in [-0.2, 0) is 0 Å². The molecule has 5 nitrogen and oxygen atoms in total. The normalized spacial score (nSPS) is 12.8. The smallest absolute Gasteiger partial charge is 0.131 e. The van der Waals surface area contributed by atoms with Gasteiger partial charge >= 0.3 is 0 Å². The molecule has 0 saturated carbocycles. The number of rotatable bonds is 4. The molecule has 3 N–H and O–H groups in total. The molecule has 22 heavy (non-hydrogen) atoms. The van der Waals surface area contributed by atoms with Crippen molar-refractivity contribution in [2.24, 2.45) is 10.7 Å². The maximum Gasteiger partial charge on any atom is 0.131 e. The summed E-state index contributed by atoms with van der Waals surface area (Å²) in [5, 5.41) is 0. The summed E-state index contributed by atoms with van der Waals surface area (Å²) in [7, 11) is 0. The highest BCUT2D eigenvalue weighted by atomic mass is 16.3. The van der Waals surface area contributed by atoms with Crippen LogP contribution >= 0.6 is 0 Å². The molecule has 0 radical (unpaired) electrons. The lowest BCUT2D eigenvalue weighted by molar-refractivity contribution is 0.557. The Balaban J connectivity index is 1.90. The molecule has 0 aliphatic rings. The molecule has 0 aliphatic carbocycles. The zero-order chi connectivity index (χ0) is 15.5. The molecular formula is C17H18N4O. The topological polar surface area (TPSA) is 80.2 Å². The average Bonchev–Trinajstić information content (AvgIpc) is 3.12. The van der Waals surface area contributed by atoms with Crippen LogP contribution < -0.4 is 5.73 Å². The van der Waals surface area contributed by atoms with Gasteiger partial charge < -0.3 is 15.1 Å². The number of hydrogen-bond acceptors (Lipinski definition) is 3. The van der Waals surface area contributed by atoms with E-state index >= 15 is 0 Å². The predicted octanol–water partition coefficient (Wildman–Crippen LogP) is 3.44. The molecule has 0 atom stereocenters. The van der Waals surface area contributed by atoms with E-state index in [4.69, 9.17) is 10.2 Å². The molecule has 0 spiro atoms. The second-order valence-corrected chi connectivity index (χ2v) is 5.31. The first-order valence-electron chi connectivity index (χ1n) is 7.17. The summed E-state index contributed by atoms with van der Waals surface area (Å²) in [5.74, 6) is 2.09. The number of benzene rings is 1. The number of fused-ring (bicyclic) bond motifs is 1. The lowest BCUT2D eigenvalue weighted by Gasteiger charge is -2.03. The first kappa shape index (κ1) is 14.1. The first-order valence-corrected chi connectivity index (χ1v) is 7.17. The number of nitrogens with two attached hydrogens (primary N) is 1. The second-order valence-electron chi connectivity index (χ2n) is 5.31. The van der Waals surface area contributed by atoms with E-state index in [1.54, 1.807) is 6.26 Å². The van der Waals surface area contributed by atoms with Crippen LogP contribution in [0.3, 0.4) is 0 Å². The fourth-order valence-corrected chi connectivity index (χ4v) is 2.17. The number of aliphatic imine (C=N–C) groups is 1. The molecule has 3 rings (SSSR count). The highest BCUT2D eigenvalue weighted by Crippen LogP contribution is 2.16. The Bertz CT molecular complexity index is 826. The van der Waals surface area contributed by atoms with Crippen molar-refractivity contribution in [2.75, 3.05) is 0 Å². The number of nitrogens with zero attached hydrogens (tertiary/aromatic N) is 2. The number of imidazole rings is 1. The number of nitrogens with one attached hydrogen (secondary N) is 1. The van der Waals surface area contributed by atoms with Crippen molar-refractivity contribution in [3.05, 3.63) is 53.7 Å². The van der Waals surface area contributed by atoms with Crippen molar-refractivity contribution < 1.29 is 4.42 Å². The molecule has 0 bridgehead atoms. The summed E-state index contributed by atoms with van der Waals surface area (Å²) in [4.78, 5) is 12.1. The van der Waals surface area contributed by atoms with E-state index in [9.17, 15) is 0 Å². The lowest BCUT2D eigenvalue weighted by Crippen LogP contribution is -2.15. The van der Waals surface area contributed by atoms with E-state index in [0.29, 0.717) is 5.84 Å². The standard InChI is InChI=1S/C17H18N4O/c1-11(2)19-17(18)12-5-7-14-15(10-12)21-16(20-14)8-6-13-4-3-9-22-13/h3-11H,1-2H3,(H2,18,19)(H,20,21)/b8-6+. The molecule has 0 saturated heterocycles. The van der Waals surface area contributed by atoms with Gasteiger partial charge in [0.05, 0.1) is 17.3 Å². The Labute approximate surface area is 128 Å². The molecule has 112 valence electrons. The van der Waals surface area contributed by atoms with Crippen LogP contribution in [-0.4, -0.2) is 21.8 Å². The molecule has 1 aromatic carbocycles. The van der Waals surface area contributed by atoms with Crippen LogP contribution in [0, 0.1) is 0 Å². The number of aromatic amines is 1. The number of H-pyrrole nitrogens is 1. The minimum absolute atomic E-state index is 0.171. The van der Waals surface area contributed by atoms with E-state index in [2.05, 4.69) is 15.0 Å². The van der Waals surface area contributed by atoms with Crippen molar-refractivity contribution >= 4 is 29.0 Å². The van der Waals surface area contributed by atoms with E-state index in [-0.39, 0.29) is 6.04 Å². The largest absolute Gasteiger partial charge is 0.465 e. The Morgan fingerprint density at radius 3 is 2.91 bits per heavy atom. The number of aromatic nitrogens is 2. The Kier molecular flexibility index (Phi) is 3.78. The monoisotopic (exact) mass is 294 g/mol. The van der Waals surface area contributed by atoms with Crippen LogP contribution in [0.1, 0.15) is 31.0 Å². The van der Waals surface area contributed by atoms with Crippen molar-refractivity contribution in [3.8, 4) is 0 Å². The van der Waals surface area contributed by atoms with Crippen LogP contribution in [0.25, 0.3) is 23.2 Å². The van der Waals surface area contributed by atoms with Crippen LogP contribution in [0.4, 0.5) is 0 Å². The second kappa shape index (κ2) is 5.89. The van der Waals surface area contributed by atoms with E-state index in [1.165, 1.54) is 0 Å². The summed E-state index contributed by atoms with van der Waals surface area (Å²) < 4.78 is 5.26. The van der Waals surface area contributed by atoms with Gasteiger partial charge in [0.15, 0.2) is 0 Å². The van der Waals surface area contributed by atoms with Crippen LogP contribution in [0.5, 0.6) is 0 Å². The highest BCUT2D eigenvalue weighted by molar-refractivity contribution is 6.00. The van der Waals surface area contributed by atoms with Crippen molar-refractivity contribution in [1.29, 1.82) is 0 Å². The summed E-state index contributed by atoms with van der Waals surface area (Å²) >= 11 is 0. The van der Waals surface area contributed by atoms with Crippen LogP contribution in [0.2, 0.25) is 0 Å². The van der Waals surface area contributed by atoms with E-state index in [0.717, 1.165) is 28.2 Å². The summed E-state index contributed by atoms with van der Waals surface area (Å²) in [5.41, 5.74) is 8.72. The summed E-state index contributed by atoms with van der Waals surface area (Å²) in [6, 6.07) is 9.75. The maximum absolute atomic E-state index is 6.01. The summed E-state index contributed by atoms with van der Waals surface area (Å²) in [6.07, 6.45) is 5.39. The van der Waals surface area contributed by atoms with E-state index < -0.39 is 0 Å². The van der Waals surface area contributed by atoms with E-state index in [1.807, 2.05) is 56.3 Å². The third-order valence-electron chi connectivity index (χ3n) is 3.14. The molecule has 0 aliphatic heterocycles. The van der Waals surface area contributed by atoms with Gasteiger partial charge in [0, 0.05) is 11.6 Å². The molecule has 2 aromatic heterocycles. The van der Waals surface area contributed by atoms with Crippen molar-refractivity contribution in [3.63, 3.8) is 0 Å². The fourth-order valence-electron chi connectivity index (χ4n) is 2.17. The Morgan fingerprint density at radius 1 is 1.32 bits per heavy atom. The molecule has 3 aromatic rings. The predicted molar refractivity (Wildman–Crippen MR) is 89.6 cm³/mol. The number of amidine groups is 1. The van der Waals surface area contributed by atoms with Gasteiger partial charge in [-0.15, -0.1) is 0 Å². The number of furan rings is 1. The fraction of sp³-hybridized carbons (Fsp3) is 0.176. The van der Waals surface area contributed by atoms with Gasteiger partial charge in [0.1, 0.15) is 17.4 Å². The minimum Gasteiger partial charge on any atom is -0.465 e. The molecule has 0 fully saturated rings. The van der Waals surface area contributed by atoms with Gasteiger partial charge in [0.25, 0.3) is 0 Å². The van der Waals surface area contributed by atoms with Gasteiger partial charge in [-0.1, -0.05) is 0 Å². The Morgan fingerprint density at radius 2 is 2.18 bits per heavy atom. The first-order chi connectivity index (χ1) is 10.6. The number of hydrogen-bond donors (Lipinski definition) is 2. The average molecular weight is 294 g/mol. The maximum atomic E-state index is 6.01. The zero-order valence-corrected chi connectivity index (χ0v) is 12.6. The third kappa shape index (κ3) is 3.09. The van der Waals surface area contributed by atoms with Gasteiger partial charge in [-0.05, 0) is 56.3 Å². The summed E-state index contributed by atoms with van der Waals surface area (Å²) in [6.45, 7) is 4.00. The van der Waals surface area contributed by atoms with Gasteiger partial charge in [-0.3, -0.25) is 4.99 Å². The molecule has 5 heteroatoms. The quantitative estimate of drug-likeness (QED) is 0.571. The third-order valence-corrected chi connectivity index (χ3v) is 3.14. The SMILES string of the molecule is CC(C)N=C(N)c1ccc2nc(/C=C/c3ccco3)[nH]c2c1. The van der Waals surface area contributed by atoms with Gasteiger partial charge in [0.2, 0.25) is 0 Å².